The molecule has 2 aromatic rings. The van der Waals surface area contributed by atoms with Crippen molar-refractivity contribution < 1.29 is 41.0 Å². The molecule has 0 aliphatic carbocycles. The molecule has 2 aromatic carbocycles. The van der Waals surface area contributed by atoms with Crippen LogP contribution < -0.4 is 0 Å². The zero-order chi connectivity index (χ0) is 25.8. The average Bonchev–Trinajstić information content (AvgIpc) is 3.30. The normalized spacial score (nSPS) is 16.1. The SMILES string of the molecule is CCc1cccc(C(O)C(CN2CCC(C(F)(F)F)=N2)C(=O)OCc2cccc(C(F)(F)F)c2)c1. The molecule has 0 radical (unpaired) electrons. The van der Waals surface area contributed by atoms with Gasteiger partial charge in [0, 0.05) is 13.0 Å². The molecule has 2 unspecified atom stereocenters. The second kappa shape index (κ2) is 10.7. The Morgan fingerprint density at radius 1 is 1.06 bits per heavy atom. The standard InChI is InChI=1S/C24H24F6N2O3/c1-2-15-5-3-7-17(11-15)21(33)19(13-32-10-9-20(31-32)24(28,29)30)22(34)35-14-16-6-4-8-18(12-16)23(25,26)27/h3-8,11-12,19,21,33H,2,9-10,13-14H2,1H3. The van der Waals surface area contributed by atoms with Crippen LogP contribution in [0.5, 0.6) is 0 Å². The van der Waals surface area contributed by atoms with Crippen molar-refractivity contribution in [3.8, 4) is 0 Å². The first-order chi connectivity index (χ1) is 16.4. The second-order valence-electron chi connectivity index (χ2n) is 8.16. The number of ether oxygens (including phenoxy) is 1. The lowest BCUT2D eigenvalue weighted by Gasteiger charge is -2.26. The summed E-state index contributed by atoms with van der Waals surface area (Å²) < 4.78 is 83.0. The third-order valence-electron chi connectivity index (χ3n) is 5.62. The summed E-state index contributed by atoms with van der Waals surface area (Å²) in [5.74, 6) is -2.29. The van der Waals surface area contributed by atoms with Gasteiger partial charge in [-0.15, -0.1) is 0 Å². The van der Waals surface area contributed by atoms with Crippen molar-refractivity contribution >= 4 is 11.7 Å². The summed E-state index contributed by atoms with van der Waals surface area (Å²) in [7, 11) is 0. The fourth-order valence-electron chi connectivity index (χ4n) is 3.69. The highest BCUT2D eigenvalue weighted by Crippen LogP contribution is 2.31. The van der Waals surface area contributed by atoms with Crippen LogP contribution in [-0.2, 0) is 28.7 Å². The molecular formula is C24H24F6N2O3. The van der Waals surface area contributed by atoms with Crippen molar-refractivity contribution in [2.45, 2.75) is 44.8 Å². The summed E-state index contributed by atoms with van der Waals surface area (Å²) in [6, 6.07) is 11.0. The van der Waals surface area contributed by atoms with Gasteiger partial charge in [0.05, 0.1) is 18.2 Å². The van der Waals surface area contributed by atoms with Crippen molar-refractivity contribution in [3.63, 3.8) is 0 Å². The Bertz CT molecular complexity index is 1070. The fourth-order valence-corrected chi connectivity index (χ4v) is 3.69. The molecule has 0 fully saturated rings. The number of carbonyl (C=O) groups excluding carboxylic acids is 1. The van der Waals surface area contributed by atoms with Crippen molar-refractivity contribution in [2.75, 3.05) is 13.1 Å². The maximum atomic E-state index is 13.0. The fraction of sp³-hybridized carbons (Fsp3) is 0.417. The van der Waals surface area contributed by atoms with E-state index in [0.717, 1.165) is 22.7 Å². The van der Waals surface area contributed by atoms with E-state index in [0.29, 0.717) is 12.0 Å². The van der Waals surface area contributed by atoms with E-state index in [4.69, 9.17) is 4.74 Å². The Labute approximate surface area is 198 Å². The number of hydrogen-bond acceptors (Lipinski definition) is 5. The number of carbonyl (C=O) groups is 1. The van der Waals surface area contributed by atoms with E-state index in [1.165, 1.54) is 12.1 Å². The Hall–Kier alpha value is -3.08. The van der Waals surface area contributed by atoms with Crippen molar-refractivity contribution in [1.82, 2.24) is 5.01 Å². The third-order valence-corrected chi connectivity index (χ3v) is 5.62. The van der Waals surface area contributed by atoms with Gasteiger partial charge in [0.25, 0.3) is 0 Å². The van der Waals surface area contributed by atoms with Crippen LogP contribution >= 0.6 is 0 Å². The number of rotatable bonds is 8. The van der Waals surface area contributed by atoms with Crippen LogP contribution in [0.1, 0.15) is 41.7 Å². The van der Waals surface area contributed by atoms with Crippen LogP contribution in [0.25, 0.3) is 0 Å². The molecule has 0 saturated carbocycles. The Morgan fingerprint density at radius 3 is 2.37 bits per heavy atom. The number of halogens is 6. The highest BCUT2D eigenvalue weighted by atomic mass is 19.4. The molecule has 1 aliphatic heterocycles. The number of hydrogen-bond donors (Lipinski definition) is 1. The van der Waals surface area contributed by atoms with Gasteiger partial charge in [-0.05, 0) is 35.2 Å². The molecule has 1 heterocycles. The summed E-state index contributed by atoms with van der Waals surface area (Å²) in [4.78, 5) is 12.9. The number of nitrogens with zero attached hydrogens (tertiary/aromatic N) is 2. The maximum absolute atomic E-state index is 13.0. The highest BCUT2D eigenvalue weighted by molar-refractivity contribution is 5.90. The van der Waals surface area contributed by atoms with E-state index in [9.17, 15) is 36.2 Å². The van der Waals surface area contributed by atoms with E-state index in [2.05, 4.69) is 5.10 Å². The molecule has 3 rings (SSSR count). The summed E-state index contributed by atoms with van der Waals surface area (Å²) in [5.41, 5.74) is -0.588. The van der Waals surface area contributed by atoms with Crippen molar-refractivity contribution in [3.05, 3.63) is 70.8 Å². The van der Waals surface area contributed by atoms with Crippen molar-refractivity contribution in [1.29, 1.82) is 0 Å². The van der Waals surface area contributed by atoms with E-state index in [-0.39, 0.29) is 25.1 Å². The zero-order valence-corrected chi connectivity index (χ0v) is 18.7. The van der Waals surface area contributed by atoms with E-state index < -0.39 is 48.2 Å². The molecule has 0 aromatic heterocycles. The minimum absolute atomic E-state index is 0.0768. The van der Waals surface area contributed by atoms with Crippen LogP contribution in [0.15, 0.2) is 53.6 Å². The van der Waals surface area contributed by atoms with Crippen LogP contribution in [-0.4, -0.2) is 41.1 Å². The van der Waals surface area contributed by atoms with E-state index >= 15 is 0 Å². The van der Waals surface area contributed by atoms with Gasteiger partial charge < -0.3 is 9.84 Å². The molecule has 1 N–H and O–H groups in total. The second-order valence-corrected chi connectivity index (χ2v) is 8.16. The van der Waals surface area contributed by atoms with Crippen molar-refractivity contribution in [2.24, 2.45) is 11.0 Å². The van der Waals surface area contributed by atoms with E-state index in [1.54, 1.807) is 18.2 Å². The maximum Gasteiger partial charge on any atom is 0.431 e. The molecule has 5 nitrogen and oxygen atoms in total. The number of alkyl halides is 6. The van der Waals surface area contributed by atoms with E-state index in [1.807, 2.05) is 13.0 Å². The van der Waals surface area contributed by atoms with Crippen LogP contribution in [0, 0.1) is 5.92 Å². The number of hydrazone groups is 1. The van der Waals surface area contributed by atoms with Gasteiger partial charge in [0.1, 0.15) is 18.2 Å². The highest BCUT2D eigenvalue weighted by Gasteiger charge is 2.40. The molecule has 0 saturated heterocycles. The predicted octanol–water partition coefficient (Wildman–Crippen LogP) is 5.28. The predicted molar refractivity (Wildman–Crippen MR) is 115 cm³/mol. The zero-order valence-electron chi connectivity index (χ0n) is 18.7. The van der Waals surface area contributed by atoms with Crippen LogP contribution in [0.4, 0.5) is 26.3 Å². The number of aliphatic hydroxyl groups excluding tert-OH is 1. The number of benzene rings is 2. The number of aryl methyl sites for hydroxylation is 1. The van der Waals surface area contributed by atoms with Gasteiger partial charge >= 0.3 is 18.3 Å². The summed E-state index contributed by atoms with van der Waals surface area (Å²) in [5, 5.41) is 15.5. The van der Waals surface area contributed by atoms with Gasteiger partial charge in [-0.3, -0.25) is 9.80 Å². The monoisotopic (exact) mass is 502 g/mol. The Kier molecular flexibility index (Phi) is 8.09. The minimum Gasteiger partial charge on any atom is -0.460 e. The smallest absolute Gasteiger partial charge is 0.431 e. The van der Waals surface area contributed by atoms with Gasteiger partial charge in [-0.1, -0.05) is 43.3 Å². The largest absolute Gasteiger partial charge is 0.460 e. The third kappa shape index (κ3) is 6.97. The lowest BCUT2D eigenvalue weighted by atomic mass is 9.94. The average molecular weight is 502 g/mol. The molecule has 0 amide bonds. The molecule has 35 heavy (non-hydrogen) atoms. The molecule has 2 atom stereocenters. The first-order valence-electron chi connectivity index (χ1n) is 10.9. The summed E-state index contributed by atoms with van der Waals surface area (Å²) in [6.45, 7) is 0.925. The topological polar surface area (TPSA) is 62.1 Å². The summed E-state index contributed by atoms with van der Waals surface area (Å²) in [6.07, 6.45) is -10.3. The van der Waals surface area contributed by atoms with Gasteiger partial charge in [-0.2, -0.15) is 31.4 Å². The molecule has 1 aliphatic rings. The first kappa shape index (κ1) is 26.5. The molecule has 0 bridgehead atoms. The Balaban J connectivity index is 1.80. The van der Waals surface area contributed by atoms with Gasteiger partial charge in [0.15, 0.2) is 0 Å². The lowest BCUT2D eigenvalue weighted by molar-refractivity contribution is -0.155. The first-order valence-corrected chi connectivity index (χ1v) is 10.9. The number of esters is 1. The molecule has 0 spiro atoms. The Morgan fingerprint density at radius 2 is 1.74 bits per heavy atom. The molecular weight excluding hydrogens is 478 g/mol. The van der Waals surface area contributed by atoms with Gasteiger partial charge in [0.2, 0.25) is 0 Å². The van der Waals surface area contributed by atoms with Gasteiger partial charge in [-0.25, -0.2) is 0 Å². The number of aliphatic hydroxyl groups is 1. The summed E-state index contributed by atoms with van der Waals surface area (Å²) >= 11 is 0. The molecule has 11 heteroatoms. The van der Waals surface area contributed by atoms with Crippen LogP contribution in [0.3, 0.4) is 0 Å². The quantitative estimate of drug-likeness (QED) is 0.394. The lowest BCUT2D eigenvalue weighted by Crippen LogP contribution is -2.34. The molecule has 190 valence electrons. The van der Waals surface area contributed by atoms with Crippen LogP contribution in [0.2, 0.25) is 0 Å². The minimum atomic E-state index is -4.61.